The average Bonchev–Trinajstić information content (AvgIpc) is 4.00. The number of nitrogens with zero attached hydrogens (tertiary/aromatic N) is 6. The zero-order chi connectivity index (χ0) is 42.5. The third-order valence-corrected chi connectivity index (χ3v) is 16.1. The van der Waals surface area contributed by atoms with Gasteiger partial charge in [-0.25, -0.2) is 0 Å². The molecule has 2 spiro atoms. The Morgan fingerprint density at radius 2 is 1.66 bits per heavy atom. The van der Waals surface area contributed by atoms with Crippen molar-refractivity contribution in [3.8, 4) is 5.75 Å². The van der Waals surface area contributed by atoms with E-state index >= 15 is 4.79 Å². The van der Waals surface area contributed by atoms with Gasteiger partial charge in [-0.2, -0.15) is 0 Å². The number of para-hydroxylation sites is 1. The SMILES string of the molecule is COc1ccc2c(c1)[C@@]1(O[C@H](CCn3cc(C(CO)c4ccccc4)nn3)[C@@H]([Si](C)(C)O)[C@@H]1C)C(=O)N2Cc1cccc(N2CN(c3ccccc3)C3(CCNCC3)C2=O)c1. The van der Waals surface area contributed by atoms with Gasteiger partial charge in [0.05, 0.1) is 50.3 Å². The molecule has 4 aliphatic rings. The van der Waals surface area contributed by atoms with E-state index in [0.29, 0.717) is 43.9 Å². The lowest BCUT2D eigenvalue weighted by Gasteiger charge is -2.39. The molecule has 0 saturated carbocycles. The van der Waals surface area contributed by atoms with Crippen molar-refractivity contribution in [2.24, 2.45) is 5.92 Å². The molecule has 5 atom stereocenters. The van der Waals surface area contributed by atoms with Gasteiger partial charge in [0.2, 0.25) is 0 Å². The Kier molecular flexibility index (Phi) is 10.8. The summed E-state index contributed by atoms with van der Waals surface area (Å²) in [5.74, 6) is -0.152. The zero-order valence-electron chi connectivity index (χ0n) is 35.3. The smallest absolute Gasteiger partial charge is 0.264 e. The first-order chi connectivity index (χ1) is 29.5. The fourth-order valence-electron chi connectivity index (χ4n) is 10.7. The molecule has 14 heteroatoms. The van der Waals surface area contributed by atoms with Gasteiger partial charge in [-0.3, -0.25) is 19.2 Å². The highest BCUT2D eigenvalue weighted by Crippen LogP contribution is 2.60. The van der Waals surface area contributed by atoms with Crippen molar-refractivity contribution in [3.63, 3.8) is 0 Å². The Morgan fingerprint density at radius 1 is 0.934 bits per heavy atom. The molecule has 3 N–H and O–H groups in total. The number of rotatable bonds is 12. The number of carbonyl (C=O) groups excluding carboxylic acids is 2. The molecule has 3 saturated heterocycles. The minimum absolute atomic E-state index is 0.0937. The minimum Gasteiger partial charge on any atom is -0.497 e. The highest BCUT2D eigenvalue weighted by Gasteiger charge is 2.66. The first kappa shape index (κ1) is 41.0. The lowest BCUT2D eigenvalue weighted by Crippen LogP contribution is -2.55. The van der Waals surface area contributed by atoms with Gasteiger partial charge in [-0.05, 0) is 99.0 Å². The van der Waals surface area contributed by atoms with Crippen LogP contribution in [0.15, 0.2) is 109 Å². The molecule has 5 heterocycles. The van der Waals surface area contributed by atoms with Crippen LogP contribution in [-0.4, -0.2) is 90.1 Å². The van der Waals surface area contributed by atoms with Crippen molar-refractivity contribution in [1.29, 1.82) is 0 Å². The van der Waals surface area contributed by atoms with Gasteiger partial charge in [0.25, 0.3) is 11.8 Å². The lowest BCUT2D eigenvalue weighted by atomic mass is 9.82. The molecule has 3 fully saturated rings. The summed E-state index contributed by atoms with van der Waals surface area (Å²) in [5.41, 5.74) is 3.49. The predicted molar refractivity (Wildman–Crippen MR) is 236 cm³/mol. The summed E-state index contributed by atoms with van der Waals surface area (Å²) in [6.45, 7) is 8.45. The predicted octanol–water partition coefficient (Wildman–Crippen LogP) is 5.78. The Balaban J connectivity index is 1.00. The van der Waals surface area contributed by atoms with Crippen LogP contribution >= 0.6 is 0 Å². The molecule has 9 rings (SSSR count). The summed E-state index contributed by atoms with van der Waals surface area (Å²) in [4.78, 5) is 47.7. The van der Waals surface area contributed by atoms with Gasteiger partial charge in [-0.15, -0.1) is 5.10 Å². The largest absolute Gasteiger partial charge is 0.497 e. The Morgan fingerprint density at radius 3 is 2.36 bits per heavy atom. The molecule has 13 nitrogen and oxygen atoms in total. The highest BCUT2D eigenvalue weighted by molar-refractivity contribution is 6.71. The van der Waals surface area contributed by atoms with Crippen LogP contribution in [0.2, 0.25) is 18.6 Å². The van der Waals surface area contributed by atoms with Crippen molar-refractivity contribution in [2.75, 3.05) is 48.2 Å². The molecule has 0 radical (unpaired) electrons. The van der Waals surface area contributed by atoms with Crippen LogP contribution in [0.3, 0.4) is 0 Å². The second-order valence-electron chi connectivity index (χ2n) is 17.6. The second-order valence-corrected chi connectivity index (χ2v) is 21.5. The number of ether oxygens (including phenoxy) is 2. The summed E-state index contributed by atoms with van der Waals surface area (Å²) in [6, 6.07) is 33.6. The molecule has 0 aliphatic carbocycles. The van der Waals surface area contributed by atoms with Crippen LogP contribution in [0.1, 0.15) is 54.5 Å². The van der Waals surface area contributed by atoms with Gasteiger partial charge in [0, 0.05) is 41.1 Å². The number of aliphatic hydroxyl groups excluding tert-OH is 1. The van der Waals surface area contributed by atoms with Gasteiger partial charge >= 0.3 is 0 Å². The zero-order valence-corrected chi connectivity index (χ0v) is 36.3. The highest BCUT2D eigenvalue weighted by atomic mass is 28.4. The third-order valence-electron chi connectivity index (χ3n) is 13.6. The maximum Gasteiger partial charge on any atom is 0.264 e. The molecule has 5 aromatic rings. The Labute approximate surface area is 358 Å². The van der Waals surface area contributed by atoms with Crippen molar-refractivity contribution >= 4 is 37.2 Å². The molecule has 0 bridgehead atoms. The van der Waals surface area contributed by atoms with Crippen LogP contribution in [0.4, 0.5) is 17.1 Å². The second kappa shape index (κ2) is 16.1. The molecule has 318 valence electrons. The van der Waals surface area contributed by atoms with Gasteiger partial charge in [0.1, 0.15) is 11.3 Å². The van der Waals surface area contributed by atoms with Crippen LogP contribution in [-0.2, 0) is 33.0 Å². The number of nitrogens with one attached hydrogen (secondary N) is 1. The lowest BCUT2D eigenvalue weighted by molar-refractivity contribution is -0.146. The molecule has 1 aromatic heterocycles. The number of anilines is 3. The number of amides is 2. The maximum atomic E-state index is 15.3. The minimum atomic E-state index is -2.94. The molecular weight excluding hydrogens is 787 g/mol. The summed E-state index contributed by atoms with van der Waals surface area (Å²) in [6.07, 6.45) is 3.32. The van der Waals surface area contributed by atoms with Crippen molar-refractivity contribution in [1.82, 2.24) is 20.3 Å². The average molecular weight is 842 g/mol. The normalized spacial score (nSPS) is 24.0. The molecular formula is C47H55N7O6Si. The van der Waals surface area contributed by atoms with E-state index in [1.54, 1.807) is 16.7 Å². The molecule has 4 aliphatic heterocycles. The van der Waals surface area contributed by atoms with E-state index in [1.165, 1.54) is 0 Å². The summed E-state index contributed by atoms with van der Waals surface area (Å²) >= 11 is 0. The molecule has 2 amide bonds. The number of methoxy groups -OCH3 is 1. The van der Waals surface area contributed by atoms with Crippen LogP contribution in [0, 0.1) is 5.92 Å². The van der Waals surface area contributed by atoms with Gasteiger partial charge in [-0.1, -0.05) is 72.8 Å². The molecule has 1 unspecified atom stereocenters. The first-order valence-electron chi connectivity index (χ1n) is 21.4. The van der Waals surface area contributed by atoms with E-state index in [9.17, 15) is 14.7 Å². The summed E-state index contributed by atoms with van der Waals surface area (Å²) in [7, 11) is -1.33. The Bertz CT molecular complexity index is 2390. The molecule has 61 heavy (non-hydrogen) atoms. The number of hydrogen-bond acceptors (Lipinski definition) is 10. The van der Waals surface area contributed by atoms with Crippen LogP contribution in [0.25, 0.3) is 0 Å². The maximum absolute atomic E-state index is 15.3. The monoisotopic (exact) mass is 841 g/mol. The number of aryl methyl sites for hydroxylation is 1. The van der Waals surface area contributed by atoms with Crippen LogP contribution in [0.5, 0.6) is 5.75 Å². The first-order valence-corrected chi connectivity index (χ1v) is 24.4. The number of aliphatic hydroxyl groups is 1. The van der Waals surface area contributed by atoms with Crippen molar-refractivity contribution in [3.05, 3.63) is 132 Å². The topological polar surface area (TPSA) is 146 Å². The van der Waals surface area contributed by atoms with Crippen molar-refractivity contribution in [2.45, 2.75) is 81.1 Å². The number of benzene rings is 4. The number of fused-ring (bicyclic) bond motifs is 2. The van der Waals surface area contributed by atoms with E-state index in [4.69, 9.17) is 9.47 Å². The fraction of sp³-hybridized carbons (Fsp3) is 0.404. The van der Waals surface area contributed by atoms with Crippen molar-refractivity contribution < 1.29 is 29.0 Å². The Hall–Kier alpha value is -5.38. The van der Waals surface area contributed by atoms with E-state index in [1.807, 2.05) is 122 Å². The van der Waals surface area contributed by atoms with E-state index in [-0.39, 0.29) is 42.3 Å². The number of carbonyl (C=O) groups is 2. The van der Waals surface area contributed by atoms with Gasteiger partial charge < -0.3 is 34.5 Å². The van der Waals surface area contributed by atoms with Crippen LogP contribution < -0.4 is 24.8 Å². The quantitative estimate of drug-likeness (QED) is 0.132. The number of aromatic nitrogens is 3. The van der Waals surface area contributed by atoms with E-state index in [0.717, 1.165) is 46.8 Å². The summed E-state index contributed by atoms with van der Waals surface area (Å²) < 4.78 is 14.6. The number of piperidine rings is 1. The standard InChI is InChI=1S/C47H55N7O6Si/c1-32-43(61(3,4)58)42(20-25-51-29-40(49-50-51)38(30-55)34-13-7-5-8-14-34)60-47(32)39-27-37(59-2)18-19-41(39)52(45(47)57)28-33-12-11-17-36(26-33)53-31-54(35-15-9-6-10-16-35)46(44(53)56)21-23-48-24-22-46/h5-19,26-27,29,32,38,42-43,48,55,58H,20-25,28,30-31H2,1-4H3/t32-,38?,42+,43-,47+/m0/s1. The van der Waals surface area contributed by atoms with E-state index < -0.39 is 25.6 Å². The third kappa shape index (κ3) is 7.03. The van der Waals surface area contributed by atoms with Gasteiger partial charge in [0.15, 0.2) is 13.9 Å². The fourth-order valence-corrected chi connectivity index (χ4v) is 13.3. The van der Waals surface area contributed by atoms with E-state index in [2.05, 4.69) is 32.7 Å². The molecule has 4 aromatic carbocycles. The number of hydrogen-bond donors (Lipinski definition) is 3. The summed E-state index contributed by atoms with van der Waals surface area (Å²) in [5, 5.41) is 22.5.